The van der Waals surface area contributed by atoms with E-state index < -0.39 is 0 Å². The van der Waals surface area contributed by atoms with E-state index in [4.69, 9.17) is 16.3 Å². The first-order chi connectivity index (χ1) is 12.7. The molecule has 1 aliphatic heterocycles. The fourth-order valence-electron chi connectivity index (χ4n) is 3.46. The molecule has 3 aromatic rings. The smallest absolute Gasteiger partial charge is 0.159 e. The molecule has 0 aliphatic carbocycles. The zero-order valence-corrected chi connectivity index (χ0v) is 15.5. The molecular weight excluding hydrogens is 348 g/mol. The van der Waals surface area contributed by atoms with E-state index in [1.165, 1.54) is 10.8 Å². The van der Waals surface area contributed by atoms with Crippen molar-refractivity contribution in [1.82, 2.24) is 15.2 Å². The minimum atomic E-state index is 0.514. The number of piperidine rings is 1. The molecule has 1 saturated heterocycles. The number of benzene rings is 1. The van der Waals surface area contributed by atoms with Gasteiger partial charge in [0.05, 0.1) is 12.3 Å². The number of anilines is 1. The highest BCUT2D eigenvalue weighted by molar-refractivity contribution is 6.31. The molecule has 26 heavy (non-hydrogen) atoms. The molecule has 1 fully saturated rings. The summed E-state index contributed by atoms with van der Waals surface area (Å²) in [5.74, 6) is 2.21. The molecule has 5 nitrogen and oxygen atoms in total. The Morgan fingerprint density at radius 3 is 2.65 bits per heavy atom. The van der Waals surface area contributed by atoms with E-state index in [0.717, 1.165) is 37.4 Å². The minimum Gasteiger partial charge on any atom is -0.492 e. The van der Waals surface area contributed by atoms with Gasteiger partial charge in [-0.25, -0.2) is 0 Å². The van der Waals surface area contributed by atoms with Crippen LogP contribution in [-0.4, -0.2) is 34.9 Å². The lowest BCUT2D eigenvalue weighted by atomic mass is 9.97. The summed E-state index contributed by atoms with van der Waals surface area (Å²) < 4.78 is 5.88. The maximum absolute atomic E-state index is 6.10. The van der Waals surface area contributed by atoms with Gasteiger partial charge in [0, 0.05) is 42.3 Å². The highest BCUT2D eigenvalue weighted by Gasteiger charge is 2.23. The predicted molar refractivity (Wildman–Crippen MR) is 104 cm³/mol. The van der Waals surface area contributed by atoms with Crippen LogP contribution in [0.15, 0.2) is 42.7 Å². The summed E-state index contributed by atoms with van der Waals surface area (Å²) in [5.41, 5.74) is 0.974. The van der Waals surface area contributed by atoms with E-state index in [1.807, 2.05) is 13.0 Å². The van der Waals surface area contributed by atoms with Crippen LogP contribution in [-0.2, 0) is 0 Å². The fraction of sp³-hybridized carbons (Fsp3) is 0.350. The van der Waals surface area contributed by atoms with Gasteiger partial charge >= 0.3 is 0 Å². The standard InChI is InChI=1S/C20H21ClN4O/c1-14-16-4-2-3-5-17(16)20(24-23-14)25-10-7-15(8-11-25)13-26-19-6-9-22-12-18(19)21/h2-6,9,12,15H,7-8,10-11,13H2,1H3. The van der Waals surface area contributed by atoms with Crippen molar-refractivity contribution in [3.05, 3.63) is 53.4 Å². The number of aryl methyl sites for hydroxylation is 1. The van der Waals surface area contributed by atoms with E-state index in [-0.39, 0.29) is 0 Å². The molecule has 4 rings (SSSR count). The summed E-state index contributed by atoms with van der Waals surface area (Å²) in [4.78, 5) is 6.32. The molecule has 2 aromatic heterocycles. The van der Waals surface area contributed by atoms with E-state index in [1.54, 1.807) is 12.4 Å². The van der Waals surface area contributed by atoms with Crippen LogP contribution in [0.4, 0.5) is 5.82 Å². The van der Waals surface area contributed by atoms with Crippen molar-refractivity contribution in [2.24, 2.45) is 5.92 Å². The van der Waals surface area contributed by atoms with Crippen molar-refractivity contribution >= 4 is 28.2 Å². The molecule has 0 N–H and O–H groups in total. The third kappa shape index (κ3) is 3.44. The van der Waals surface area contributed by atoms with Gasteiger partial charge in [-0.1, -0.05) is 35.9 Å². The van der Waals surface area contributed by atoms with Gasteiger partial charge < -0.3 is 9.64 Å². The van der Waals surface area contributed by atoms with Crippen molar-refractivity contribution < 1.29 is 4.74 Å². The molecule has 0 saturated carbocycles. The largest absolute Gasteiger partial charge is 0.492 e. The first kappa shape index (κ1) is 17.0. The normalized spacial score (nSPS) is 15.4. The number of nitrogens with zero attached hydrogens (tertiary/aromatic N) is 4. The maximum atomic E-state index is 6.10. The Labute approximate surface area is 158 Å². The summed E-state index contributed by atoms with van der Waals surface area (Å²) in [6, 6.07) is 10.2. The number of hydrogen-bond acceptors (Lipinski definition) is 5. The van der Waals surface area contributed by atoms with Crippen LogP contribution in [0.2, 0.25) is 5.02 Å². The van der Waals surface area contributed by atoms with Crippen LogP contribution >= 0.6 is 11.6 Å². The summed E-state index contributed by atoms with van der Waals surface area (Å²) in [6.45, 7) is 4.60. The van der Waals surface area contributed by atoms with Gasteiger partial charge in [0.1, 0.15) is 10.8 Å². The van der Waals surface area contributed by atoms with Gasteiger partial charge in [-0.05, 0) is 25.7 Å². The number of pyridine rings is 1. The highest BCUT2D eigenvalue weighted by atomic mass is 35.5. The van der Waals surface area contributed by atoms with Crippen LogP contribution in [0.3, 0.4) is 0 Å². The number of fused-ring (bicyclic) bond motifs is 1. The van der Waals surface area contributed by atoms with Crippen LogP contribution in [0.5, 0.6) is 5.75 Å². The summed E-state index contributed by atoms with van der Waals surface area (Å²) >= 11 is 6.10. The maximum Gasteiger partial charge on any atom is 0.159 e. The SMILES string of the molecule is Cc1nnc(N2CCC(COc3ccncc3Cl)CC2)c2ccccc12. The average molecular weight is 369 g/mol. The number of aromatic nitrogens is 3. The first-order valence-electron chi connectivity index (χ1n) is 8.91. The third-order valence-electron chi connectivity index (χ3n) is 4.98. The molecule has 0 bridgehead atoms. The highest BCUT2D eigenvalue weighted by Crippen LogP contribution is 2.30. The Morgan fingerprint density at radius 1 is 1.12 bits per heavy atom. The molecule has 3 heterocycles. The van der Waals surface area contributed by atoms with Gasteiger partial charge in [0.15, 0.2) is 5.82 Å². The monoisotopic (exact) mass is 368 g/mol. The Morgan fingerprint density at radius 2 is 1.88 bits per heavy atom. The molecule has 0 unspecified atom stereocenters. The van der Waals surface area contributed by atoms with E-state index in [9.17, 15) is 0 Å². The lowest BCUT2D eigenvalue weighted by molar-refractivity contribution is 0.222. The van der Waals surface area contributed by atoms with Crippen molar-refractivity contribution in [1.29, 1.82) is 0 Å². The van der Waals surface area contributed by atoms with Gasteiger partial charge in [0.25, 0.3) is 0 Å². The topological polar surface area (TPSA) is 51.1 Å². The molecule has 1 aliphatic rings. The Hall–Kier alpha value is -2.40. The van der Waals surface area contributed by atoms with E-state index in [0.29, 0.717) is 23.3 Å². The zero-order valence-electron chi connectivity index (χ0n) is 14.7. The lowest BCUT2D eigenvalue weighted by Gasteiger charge is -2.33. The van der Waals surface area contributed by atoms with Gasteiger partial charge in [-0.3, -0.25) is 4.98 Å². The van der Waals surface area contributed by atoms with Crippen molar-refractivity contribution in [2.45, 2.75) is 19.8 Å². The quantitative estimate of drug-likeness (QED) is 0.687. The van der Waals surface area contributed by atoms with E-state index >= 15 is 0 Å². The molecule has 0 spiro atoms. The molecule has 6 heteroatoms. The zero-order chi connectivity index (χ0) is 17.9. The average Bonchev–Trinajstić information content (AvgIpc) is 2.69. The van der Waals surface area contributed by atoms with Crippen molar-refractivity contribution in [3.8, 4) is 5.75 Å². The summed E-state index contributed by atoms with van der Waals surface area (Å²) in [6.07, 6.45) is 5.44. The van der Waals surface area contributed by atoms with Gasteiger partial charge in [0.2, 0.25) is 0 Å². The fourth-order valence-corrected chi connectivity index (χ4v) is 3.63. The molecular formula is C20H21ClN4O. The second-order valence-electron chi connectivity index (χ2n) is 6.70. The molecule has 0 amide bonds. The third-order valence-corrected chi connectivity index (χ3v) is 5.26. The van der Waals surface area contributed by atoms with Gasteiger partial charge in [-0.15, -0.1) is 5.10 Å². The number of halogens is 1. The molecule has 1 aromatic carbocycles. The van der Waals surface area contributed by atoms with E-state index in [2.05, 4.69) is 44.3 Å². The van der Waals surface area contributed by atoms with Crippen LogP contribution in [0.1, 0.15) is 18.5 Å². The molecule has 0 radical (unpaired) electrons. The van der Waals surface area contributed by atoms with Crippen molar-refractivity contribution in [2.75, 3.05) is 24.6 Å². The second kappa shape index (κ2) is 7.46. The summed E-state index contributed by atoms with van der Waals surface area (Å²) in [7, 11) is 0. The van der Waals surface area contributed by atoms with Crippen LogP contribution in [0.25, 0.3) is 10.8 Å². The predicted octanol–water partition coefficient (Wildman–Crippen LogP) is 4.28. The number of rotatable bonds is 4. The Balaban J connectivity index is 1.41. The Bertz CT molecular complexity index is 909. The summed E-state index contributed by atoms with van der Waals surface area (Å²) in [5, 5.41) is 11.7. The first-order valence-corrected chi connectivity index (χ1v) is 9.29. The number of hydrogen-bond donors (Lipinski definition) is 0. The van der Waals surface area contributed by atoms with Crippen LogP contribution < -0.4 is 9.64 Å². The van der Waals surface area contributed by atoms with Crippen molar-refractivity contribution in [3.63, 3.8) is 0 Å². The van der Waals surface area contributed by atoms with Crippen LogP contribution in [0, 0.1) is 12.8 Å². The molecule has 0 atom stereocenters. The number of ether oxygens (including phenoxy) is 1. The second-order valence-corrected chi connectivity index (χ2v) is 7.11. The Kier molecular flexibility index (Phi) is 4.89. The lowest BCUT2D eigenvalue weighted by Crippen LogP contribution is -2.36. The van der Waals surface area contributed by atoms with Gasteiger partial charge in [-0.2, -0.15) is 5.10 Å². The minimum absolute atomic E-state index is 0.514. The molecule has 134 valence electrons.